The summed E-state index contributed by atoms with van der Waals surface area (Å²) in [5.74, 6) is -0.0955. The lowest BCUT2D eigenvalue weighted by Gasteiger charge is -2.26. The van der Waals surface area contributed by atoms with E-state index in [-0.39, 0.29) is 28.9 Å². The third-order valence-corrected chi connectivity index (χ3v) is 4.39. The molecule has 0 saturated heterocycles. The smallest absolute Gasteiger partial charge is 0.270 e. The van der Waals surface area contributed by atoms with E-state index in [1.807, 2.05) is 24.3 Å². The molecule has 3 heterocycles. The molecule has 0 radical (unpaired) electrons. The number of amides is 2. The molecule has 1 aliphatic rings. The van der Waals surface area contributed by atoms with Crippen molar-refractivity contribution in [1.29, 1.82) is 0 Å². The SMILES string of the molecule is Cc1nn2c(C(=O)NC3COc4ccccc4C3)ccnc2c1C(N)=O. The molecule has 26 heavy (non-hydrogen) atoms. The van der Waals surface area contributed by atoms with E-state index < -0.39 is 5.91 Å². The lowest BCUT2D eigenvalue weighted by Crippen LogP contribution is -2.43. The quantitative estimate of drug-likeness (QED) is 0.727. The number of carbonyl (C=O) groups is 2. The molecule has 8 heteroatoms. The number of nitrogens with one attached hydrogen (secondary N) is 1. The van der Waals surface area contributed by atoms with Crippen molar-refractivity contribution in [3.05, 3.63) is 59.0 Å². The summed E-state index contributed by atoms with van der Waals surface area (Å²) in [6.07, 6.45) is 2.14. The van der Waals surface area contributed by atoms with Crippen LogP contribution in [0.1, 0.15) is 32.1 Å². The van der Waals surface area contributed by atoms with Crippen LogP contribution in [0.4, 0.5) is 0 Å². The van der Waals surface area contributed by atoms with Gasteiger partial charge in [0.2, 0.25) is 0 Å². The van der Waals surface area contributed by atoms with Crippen molar-refractivity contribution >= 4 is 17.5 Å². The van der Waals surface area contributed by atoms with E-state index in [1.165, 1.54) is 10.7 Å². The molecule has 0 bridgehead atoms. The molecule has 2 aromatic heterocycles. The maximum absolute atomic E-state index is 12.8. The van der Waals surface area contributed by atoms with Crippen LogP contribution in [0.5, 0.6) is 5.75 Å². The van der Waals surface area contributed by atoms with Gasteiger partial charge in [-0.05, 0) is 31.0 Å². The summed E-state index contributed by atoms with van der Waals surface area (Å²) < 4.78 is 7.05. The van der Waals surface area contributed by atoms with Gasteiger partial charge in [0.1, 0.15) is 23.6 Å². The molecule has 2 amide bonds. The Balaban J connectivity index is 1.61. The fourth-order valence-electron chi connectivity index (χ4n) is 3.19. The number of hydrogen-bond acceptors (Lipinski definition) is 5. The number of fused-ring (bicyclic) bond motifs is 2. The molecule has 3 aromatic rings. The Morgan fingerprint density at radius 3 is 2.92 bits per heavy atom. The van der Waals surface area contributed by atoms with E-state index in [1.54, 1.807) is 13.0 Å². The zero-order valence-corrected chi connectivity index (χ0v) is 14.1. The van der Waals surface area contributed by atoms with E-state index in [0.717, 1.165) is 11.3 Å². The molecular weight excluding hydrogens is 334 g/mol. The van der Waals surface area contributed by atoms with Crippen LogP contribution in [0.15, 0.2) is 36.5 Å². The van der Waals surface area contributed by atoms with Gasteiger partial charge in [0.25, 0.3) is 11.8 Å². The molecule has 3 N–H and O–H groups in total. The van der Waals surface area contributed by atoms with E-state index in [0.29, 0.717) is 18.7 Å². The summed E-state index contributed by atoms with van der Waals surface area (Å²) in [6, 6.07) is 9.15. The molecule has 0 saturated carbocycles. The predicted octanol–water partition coefficient (Wildman–Crippen LogP) is 0.870. The van der Waals surface area contributed by atoms with E-state index in [2.05, 4.69) is 15.4 Å². The average molecular weight is 351 g/mol. The average Bonchev–Trinajstić information content (AvgIpc) is 2.97. The number of aromatic nitrogens is 3. The third kappa shape index (κ3) is 2.65. The van der Waals surface area contributed by atoms with E-state index in [9.17, 15) is 9.59 Å². The van der Waals surface area contributed by atoms with Crippen LogP contribution in [0.3, 0.4) is 0 Å². The number of primary amides is 1. The highest BCUT2D eigenvalue weighted by atomic mass is 16.5. The van der Waals surface area contributed by atoms with Crippen LogP contribution in [-0.4, -0.2) is 39.1 Å². The van der Waals surface area contributed by atoms with Gasteiger partial charge < -0.3 is 15.8 Å². The van der Waals surface area contributed by atoms with E-state index >= 15 is 0 Å². The second kappa shape index (κ2) is 6.14. The molecule has 4 rings (SSSR count). The van der Waals surface area contributed by atoms with Gasteiger partial charge in [0, 0.05) is 6.20 Å². The Morgan fingerprint density at radius 1 is 1.31 bits per heavy atom. The predicted molar refractivity (Wildman–Crippen MR) is 93.1 cm³/mol. The summed E-state index contributed by atoms with van der Waals surface area (Å²) in [5.41, 5.74) is 7.65. The summed E-state index contributed by atoms with van der Waals surface area (Å²) in [7, 11) is 0. The van der Waals surface area contributed by atoms with Gasteiger partial charge in [-0.1, -0.05) is 18.2 Å². The summed E-state index contributed by atoms with van der Waals surface area (Å²) >= 11 is 0. The number of aryl methyl sites for hydroxylation is 1. The highest BCUT2D eigenvalue weighted by molar-refractivity contribution is 6.01. The second-order valence-electron chi connectivity index (χ2n) is 6.18. The van der Waals surface area contributed by atoms with Crippen LogP contribution in [0, 0.1) is 6.92 Å². The summed E-state index contributed by atoms with van der Waals surface area (Å²) in [4.78, 5) is 28.5. The van der Waals surface area contributed by atoms with Crippen LogP contribution in [-0.2, 0) is 6.42 Å². The Morgan fingerprint density at radius 2 is 2.12 bits per heavy atom. The molecule has 0 spiro atoms. The van der Waals surface area contributed by atoms with Crippen molar-refractivity contribution in [3.63, 3.8) is 0 Å². The fourth-order valence-corrected chi connectivity index (χ4v) is 3.19. The Hall–Kier alpha value is -3.42. The number of ether oxygens (including phenoxy) is 1. The van der Waals surface area contributed by atoms with Gasteiger partial charge in [-0.3, -0.25) is 9.59 Å². The van der Waals surface area contributed by atoms with Gasteiger partial charge >= 0.3 is 0 Å². The normalized spacial score (nSPS) is 16.0. The van der Waals surface area contributed by atoms with Gasteiger partial charge in [-0.2, -0.15) is 5.10 Å². The molecule has 0 aliphatic carbocycles. The van der Waals surface area contributed by atoms with Crippen molar-refractivity contribution in [2.45, 2.75) is 19.4 Å². The first kappa shape index (κ1) is 16.1. The summed E-state index contributed by atoms with van der Waals surface area (Å²) in [6.45, 7) is 2.05. The van der Waals surface area contributed by atoms with Crippen LogP contribution in [0.2, 0.25) is 0 Å². The van der Waals surface area contributed by atoms with Crippen molar-refractivity contribution in [2.24, 2.45) is 5.73 Å². The van der Waals surface area contributed by atoms with E-state index in [4.69, 9.17) is 10.5 Å². The minimum absolute atomic E-state index is 0.159. The number of nitrogens with two attached hydrogens (primary N) is 1. The first-order valence-electron chi connectivity index (χ1n) is 8.20. The zero-order chi connectivity index (χ0) is 18.3. The van der Waals surface area contributed by atoms with Gasteiger partial charge in [0.05, 0.1) is 11.7 Å². The molecule has 1 unspecified atom stereocenters. The van der Waals surface area contributed by atoms with Crippen molar-refractivity contribution < 1.29 is 14.3 Å². The van der Waals surface area contributed by atoms with Crippen LogP contribution < -0.4 is 15.8 Å². The van der Waals surface area contributed by atoms with Crippen LogP contribution >= 0.6 is 0 Å². The molecule has 1 atom stereocenters. The molecule has 8 nitrogen and oxygen atoms in total. The Bertz CT molecular complexity index is 1030. The second-order valence-corrected chi connectivity index (χ2v) is 6.18. The highest BCUT2D eigenvalue weighted by Gasteiger charge is 2.24. The lowest BCUT2D eigenvalue weighted by molar-refractivity contribution is 0.0906. The van der Waals surface area contributed by atoms with Crippen molar-refractivity contribution in [3.8, 4) is 5.75 Å². The number of para-hydroxylation sites is 1. The topological polar surface area (TPSA) is 112 Å². The standard InChI is InChI=1S/C18H17N5O3/c1-10-15(16(19)24)17-20-7-6-13(23(17)22-10)18(25)21-12-8-11-4-2-3-5-14(11)26-9-12/h2-7,12H,8-9H2,1H3,(H2,19,24)(H,21,25). The maximum Gasteiger partial charge on any atom is 0.270 e. The fraction of sp³-hybridized carbons (Fsp3) is 0.222. The number of carbonyl (C=O) groups excluding carboxylic acids is 2. The van der Waals surface area contributed by atoms with Gasteiger partial charge in [-0.25, -0.2) is 9.50 Å². The summed E-state index contributed by atoms with van der Waals surface area (Å²) in [5, 5.41) is 7.20. The minimum atomic E-state index is -0.625. The number of nitrogens with zero attached hydrogens (tertiary/aromatic N) is 3. The zero-order valence-electron chi connectivity index (χ0n) is 14.1. The number of hydrogen-bond donors (Lipinski definition) is 2. The molecular formula is C18H17N5O3. The lowest BCUT2D eigenvalue weighted by atomic mass is 10.0. The minimum Gasteiger partial charge on any atom is -0.491 e. The van der Waals surface area contributed by atoms with Crippen molar-refractivity contribution in [2.75, 3.05) is 6.61 Å². The van der Waals surface area contributed by atoms with Gasteiger partial charge in [-0.15, -0.1) is 0 Å². The molecule has 1 aliphatic heterocycles. The highest BCUT2D eigenvalue weighted by Crippen LogP contribution is 2.24. The van der Waals surface area contributed by atoms with Crippen LogP contribution in [0.25, 0.3) is 5.65 Å². The van der Waals surface area contributed by atoms with Crippen molar-refractivity contribution in [1.82, 2.24) is 19.9 Å². The largest absolute Gasteiger partial charge is 0.491 e. The Labute approximate surface area is 149 Å². The number of benzene rings is 1. The molecule has 0 fully saturated rings. The Kier molecular flexibility index (Phi) is 3.80. The molecule has 132 valence electrons. The molecule has 1 aromatic carbocycles. The monoisotopic (exact) mass is 351 g/mol. The third-order valence-electron chi connectivity index (χ3n) is 4.39. The number of rotatable bonds is 3. The maximum atomic E-state index is 12.8. The first-order valence-corrected chi connectivity index (χ1v) is 8.20. The first-order chi connectivity index (χ1) is 12.5. The van der Waals surface area contributed by atoms with Gasteiger partial charge in [0.15, 0.2) is 5.65 Å².